The standard InChI is InChI=1S/C25H16F2N6OS.ClH/c26-16-3-1-2-15(8-16)13-34-22-7-5-17(9-21(22)27)33-24-20-10-19(35-25(20)32-14-31-24)6-4-18-11-30-23(28)12-29-18;/h1-3,5,7-12,14H,13H2,(H2,28,30)(H,31,32,33);1H. The summed E-state index contributed by atoms with van der Waals surface area (Å²) in [7, 11) is 0. The SMILES string of the molecule is Cl.Nc1cnc(C#Cc2cc3c(Nc4ccc(OCc5cccc(F)c5)c(F)c4)ncnc3s2)cn1. The number of rotatable bonds is 5. The van der Waals surface area contributed by atoms with Crippen LogP contribution in [0.3, 0.4) is 0 Å². The number of benzene rings is 2. The third kappa shape index (κ3) is 5.83. The highest BCUT2D eigenvalue weighted by molar-refractivity contribution is 7.19. The van der Waals surface area contributed by atoms with Crippen LogP contribution in [0, 0.1) is 23.5 Å². The minimum Gasteiger partial charge on any atom is -0.486 e. The normalized spacial score (nSPS) is 10.3. The van der Waals surface area contributed by atoms with Gasteiger partial charge in [0.25, 0.3) is 0 Å². The number of nitrogens with two attached hydrogens (primary N) is 1. The lowest BCUT2D eigenvalue weighted by atomic mass is 10.2. The number of thiophene rings is 1. The molecule has 0 radical (unpaired) electrons. The smallest absolute Gasteiger partial charge is 0.167 e. The van der Waals surface area contributed by atoms with E-state index in [4.69, 9.17) is 10.5 Å². The Bertz CT molecular complexity index is 1580. The number of ether oxygens (including phenoxy) is 1. The molecule has 5 aromatic rings. The molecule has 0 aliphatic rings. The zero-order valence-corrected chi connectivity index (χ0v) is 20.0. The summed E-state index contributed by atoms with van der Waals surface area (Å²) in [5, 5.41) is 3.86. The number of hydrogen-bond donors (Lipinski definition) is 2. The van der Waals surface area contributed by atoms with E-state index in [2.05, 4.69) is 37.1 Å². The fourth-order valence-electron chi connectivity index (χ4n) is 3.17. The van der Waals surface area contributed by atoms with E-state index in [1.54, 1.807) is 18.2 Å². The van der Waals surface area contributed by atoms with E-state index >= 15 is 0 Å². The molecular formula is C25H17ClF2N6OS. The van der Waals surface area contributed by atoms with E-state index in [9.17, 15) is 8.78 Å². The van der Waals surface area contributed by atoms with Crippen molar-refractivity contribution in [2.75, 3.05) is 11.1 Å². The molecule has 2 aromatic carbocycles. The van der Waals surface area contributed by atoms with E-state index in [0.717, 1.165) is 15.1 Å². The lowest BCUT2D eigenvalue weighted by Gasteiger charge is -2.10. The van der Waals surface area contributed by atoms with E-state index < -0.39 is 5.82 Å². The molecule has 5 rings (SSSR count). The first-order chi connectivity index (χ1) is 17.0. The number of halogens is 3. The largest absolute Gasteiger partial charge is 0.486 e. The molecule has 7 nitrogen and oxygen atoms in total. The van der Waals surface area contributed by atoms with Crippen molar-refractivity contribution in [3.8, 4) is 17.6 Å². The van der Waals surface area contributed by atoms with Crippen LogP contribution in [-0.2, 0) is 6.61 Å². The van der Waals surface area contributed by atoms with Gasteiger partial charge in [-0.2, -0.15) is 0 Å². The maximum absolute atomic E-state index is 14.6. The first kappa shape index (κ1) is 24.8. The number of nitrogen functional groups attached to an aromatic ring is 1. The summed E-state index contributed by atoms with van der Waals surface area (Å²) in [6.45, 7) is 0.0503. The second-order valence-corrected chi connectivity index (χ2v) is 8.35. The monoisotopic (exact) mass is 522 g/mol. The Morgan fingerprint density at radius 2 is 1.86 bits per heavy atom. The van der Waals surface area contributed by atoms with Gasteiger partial charge in [-0.3, -0.25) is 0 Å². The van der Waals surface area contributed by atoms with Gasteiger partial charge in [0.05, 0.1) is 22.7 Å². The summed E-state index contributed by atoms with van der Waals surface area (Å²) in [4.78, 5) is 18.2. The molecule has 3 N–H and O–H groups in total. The lowest BCUT2D eigenvalue weighted by molar-refractivity contribution is 0.290. The van der Waals surface area contributed by atoms with Crippen molar-refractivity contribution in [1.82, 2.24) is 19.9 Å². The summed E-state index contributed by atoms with van der Waals surface area (Å²) in [5.41, 5.74) is 7.13. The van der Waals surface area contributed by atoms with Crippen LogP contribution in [-0.4, -0.2) is 19.9 Å². The Morgan fingerprint density at radius 3 is 2.64 bits per heavy atom. The molecule has 0 unspecified atom stereocenters. The van der Waals surface area contributed by atoms with Crippen molar-refractivity contribution in [1.29, 1.82) is 0 Å². The van der Waals surface area contributed by atoms with Crippen molar-refractivity contribution in [3.63, 3.8) is 0 Å². The molecule has 0 amide bonds. The van der Waals surface area contributed by atoms with E-state index in [0.29, 0.717) is 28.6 Å². The Kier molecular flexibility index (Phi) is 7.53. The van der Waals surface area contributed by atoms with Gasteiger partial charge < -0.3 is 15.8 Å². The molecule has 36 heavy (non-hydrogen) atoms. The van der Waals surface area contributed by atoms with Gasteiger partial charge in [-0.1, -0.05) is 12.1 Å². The second kappa shape index (κ2) is 10.9. The van der Waals surface area contributed by atoms with Gasteiger partial charge >= 0.3 is 0 Å². The van der Waals surface area contributed by atoms with Gasteiger partial charge in [-0.15, -0.1) is 23.7 Å². The summed E-state index contributed by atoms with van der Waals surface area (Å²) in [6.07, 6.45) is 4.37. The molecule has 11 heteroatoms. The Labute approximate surface area is 214 Å². The Morgan fingerprint density at radius 1 is 0.972 bits per heavy atom. The molecule has 0 saturated carbocycles. The van der Waals surface area contributed by atoms with Gasteiger partial charge in [0.15, 0.2) is 11.6 Å². The van der Waals surface area contributed by atoms with Crippen LogP contribution >= 0.6 is 23.7 Å². The summed E-state index contributed by atoms with van der Waals surface area (Å²) >= 11 is 1.40. The van der Waals surface area contributed by atoms with Crippen molar-refractivity contribution >= 4 is 51.3 Å². The highest BCUT2D eigenvalue weighted by atomic mass is 35.5. The van der Waals surface area contributed by atoms with Gasteiger partial charge in [0, 0.05) is 11.8 Å². The first-order valence-electron chi connectivity index (χ1n) is 10.3. The molecule has 3 heterocycles. The molecule has 0 spiro atoms. The minimum atomic E-state index is -0.557. The number of aromatic nitrogens is 4. The van der Waals surface area contributed by atoms with E-state index in [1.807, 2.05) is 6.07 Å². The predicted octanol–water partition coefficient (Wildman–Crippen LogP) is 5.49. The van der Waals surface area contributed by atoms with Gasteiger partial charge in [0.2, 0.25) is 0 Å². The zero-order chi connectivity index (χ0) is 24.2. The van der Waals surface area contributed by atoms with Crippen molar-refractivity contribution < 1.29 is 13.5 Å². The van der Waals surface area contributed by atoms with E-state index in [1.165, 1.54) is 54.3 Å². The molecule has 3 aromatic heterocycles. The van der Waals surface area contributed by atoms with Crippen molar-refractivity contribution in [2.45, 2.75) is 6.61 Å². The lowest BCUT2D eigenvalue weighted by Crippen LogP contribution is -1.99. The highest BCUT2D eigenvalue weighted by Crippen LogP contribution is 2.31. The molecule has 0 aliphatic carbocycles. The second-order valence-electron chi connectivity index (χ2n) is 7.32. The van der Waals surface area contributed by atoms with Gasteiger partial charge in [-0.25, -0.2) is 28.7 Å². The van der Waals surface area contributed by atoms with Crippen LogP contribution < -0.4 is 15.8 Å². The molecule has 0 bridgehead atoms. The number of nitrogens with one attached hydrogen (secondary N) is 1. The topological polar surface area (TPSA) is 98.8 Å². The molecule has 180 valence electrons. The van der Waals surface area contributed by atoms with Crippen LogP contribution in [0.15, 0.2) is 67.3 Å². The fourth-order valence-corrected chi connectivity index (χ4v) is 4.02. The Balaban J connectivity index is 0.00000304. The number of hydrogen-bond acceptors (Lipinski definition) is 8. The average molecular weight is 523 g/mol. The quantitative estimate of drug-likeness (QED) is 0.295. The molecular weight excluding hydrogens is 506 g/mol. The van der Waals surface area contributed by atoms with Gasteiger partial charge in [-0.05, 0) is 47.7 Å². The summed E-state index contributed by atoms with van der Waals surface area (Å²) < 4.78 is 33.4. The van der Waals surface area contributed by atoms with Crippen molar-refractivity contribution in [3.05, 3.63) is 95.0 Å². The Hall–Kier alpha value is -4.33. The first-order valence-corrected chi connectivity index (χ1v) is 11.1. The van der Waals surface area contributed by atoms with Crippen LogP contribution in [0.2, 0.25) is 0 Å². The maximum Gasteiger partial charge on any atom is 0.167 e. The van der Waals surface area contributed by atoms with Crippen LogP contribution in [0.25, 0.3) is 10.2 Å². The molecule has 0 aliphatic heterocycles. The fraction of sp³-hybridized carbons (Fsp3) is 0.0400. The zero-order valence-electron chi connectivity index (χ0n) is 18.4. The molecule has 0 fully saturated rings. The van der Waals surface area contributed by atoms with E-state index in [-0.39, 0.29) is 30.6 Å². The van der Waals surface area contributed by atoms with Crippen molar-refractivity contribution in [2.24, 2.45) is 0 Å². The number of nitrogens with zero attached hydrogens (tertiary/aromatic N) is 4. The predicted molar refractivity (Wildman–Crippen MR) is 138 cm³/mol. The van der Waals surface area contributed by atoms with Gasteiger partial charge in [0.1, 0.15) is 40.9 Å². The van der Waals surface area contributed by atoms with Crippen LogP contribution in [0.4, 0.5) is 26.1 Å². The molecule has 0 atom stereocenters. The minimum absolute atomic E-state index is 0. The number of anilines is 3. The average Bonchev–Trinajstić information content (AvgIpc) is 3.28. The highest BCUT2D eigenvalue weighted by Gasteiger charge is 2.11. The van der Waals surface area contributed by atoms with Crippen LogP contribution in [0.5, 0.6) is 5.75 Å². The number of fused-ring (bicyclic) bond motifs is 1. The van der Waals surface area contributed by atoms with Crippen LogP contribution in [0.1, 0.15) is 16.1 Å². The summed E-state index contributed by atoms with van der Waals surface area (Å²) in [5.74, 6) is 5.95. The summed E-state index contributed by atoms with van der Waals surface area (Å²) in [6, 6.07) is 12.3. The third-order valence-electron chi connectivity index (χ3n) is 4.79. The molecule has 0 saturated heterocycles. The third-order valence-corrected chi connectivity index (χ3v) is 5.75. The maximum atomic E-state index is 14.6.